The number of carbonyl (C=O) groups is 1. The molecule has 1 rings (SSSR count). The van der Waals surface area contributed by atoms with Crippen LogP contribution in [-0.2, 0) is 9.53 Å². The number of hydrogen-bond acceptors (Lipinski definition) is 2. The Balaban J connectivity index is 2.94. The lowest BCUT2D eigenvalue weighted by molar-refractivity contribution is -0.190. The molecule has 2 heteroatoms. The monoisotopic (exact) mass is 170 g/mol. The Morgan fingerprint density at radius 1 is 1.33 bits per heavy atom. The van der Waals surface area contributed by atoms with Gasteiger partial charge in [-0.15, -0.1) is 0 Å². The molecule has 0 spiro atoms. The highest BCUT2D eigenvalue weighted by molar-refractivity contribution is 5.71. The molecule has 12 heavy (non-hydrogen) atoms. The molecule has 0 aromatic heterocycles. The zero-order valence-electron chi connectivity index (χ0n) is 8.60. The summed E-state index contributed by atoms with van der Waals surface area (Å²) >= 11 is 0. The maximum absolute atomic E-state index is 11.2. The summed E-state index contributed by atoms with van der Waals surface area (Å²) in [6.07, 6.45) is 0.552. The van der Waals surface area contributed by atoms with Crippen LogP contribution in [0.2, 0.25) is 0 Å². The summed E-state index contributed by atoms with van der Waals surface area (Å²) in [5, 5.41) is 0. The lowest BCUT2D eigenvalue weighted by atomic mass is 9.66. The molecular formula is C10H18O2. The van der Waals surface area contributed by atoms with Crippen molar-refractivity contribution in [1.29, 1.82) is 0 Å². The smallest absolute Gasteiger partial charge is 0.306 e. The topological polar surface area (TPSA) is 26.3 Å². The van der Waals surface area contributed by atoms with E-state index in [2.05, 4.69) is 20.8 Å². The normalized spacial score (nSPS) is 32.8. The van der Waals surface area contributed by atoms with Gasteiger partial charge in [0.05, 0.1) is 0 Å². The maximum Gasteiger partial charge on any atom is 0.306 e. The van der Waals surface area contributed by atoms with Gasteiger partial charge >= 0.3 is 5.97 Å². The van der Waals surface area contributed by atoms with Crippen molar-refractivity contribution in [1.82, 2.24) is 0 Å². The number of hydrogen-bond donors (Lipinski definition) is 0. The highest BCUT2D eigenvalue weighted by Crippen LogP contribution is 2.45. The van der Waals surface area contributed by atoms with Gasteiger partial charge in [-0.1, -0.05) is 20.8 Å². The molecule has 2 nitrogen and oxygen atoms in total. The van der Waals surface area contributed by atoms with Crippen LogP contribution >= 0.6 is 0 Å². The number of carbonyl (C=O) groups excluding carboxylic acids is 1. The number of ether oxygens (including phenoxy) is 1. The van der Waals surface area contributed by atoms with Crippen molar-refractivity contribution in [2.24, 2.45) is 11.3 Å². The third kappa shape index (κ3) is 1.23. The predicted octanol–water partition coefficient (Wildman–Crippen LogP) is 2.37. The molecule has 1 heterocycles. The molecule has 0 aromatic rings. The van der Waals surface area contributed by atoms with Crippen molar-refractivity contribution in [2.45, 2.75) is 46.6 Å². The lowest BCUT2D eigenvalue weighted by Crippen LogP contribution is -2.51. The van der Waals surface area contributed by atoms with Crippen LogP contribution in [0.15, 0.2) is 0 Å². The third-order valence-corrected chi connectivity index (χ3v) is 3.63. The van der Waals surface area contributed by atoms with Crippen LogP contribution in [0.5, 0.6) is 0 Å². The van der Waals surface area contributed by atoms with Crippen LogP contribution in [0, 0.1) is 11.3 Å². The summed E-state index contributed by atoms with van der Waals surface area (Å²) in [4.78, 5) is 11.2. The van der Waals surface area contributed by atoms with E-state index in [9.17, 15) is 4.79 Å². The highest BCUT2D eigenvalue weighted by atomic mass is 16.6. The van der Waals surface area contributed by atoms with Crippen LogP contribution in [-0.4, -0.2) is 11.6 Å². The Bertz CT molecular complexity index is 204. The lowest BCUT2D eigenvalue weighted by Gasteiger charge is -2.48. The van der Waals surface area contributed by atoms with Gasteiger partial charge in [0.15, 0.2) is 0 Å². The van der Waals surface area contributed by atoms with E-state index in [0.717, 1.165) is 0 Å². The van der Waals surface area contributed by atoms with Gasteiger partial charge in [0, 0.05) is 11.8 Å². The summed E-state index contributed by atoms with van der Waals surface area (Å²) in [6, 6.07) is 0. The van der Waals surface area contributed by atoms with Gasteiger partial charge in [0.1, 0.15) is 5.60 Å². The summed E-state index contributed by atoms with van der Waals surface area (Å²) < 4.78 is 5.32. The Morgan fingerprint density at radius 3 is 2.25 bits per heavy atom. The van der Waals surface area contributed by atoms with Gasteiger partial charge in [-0.25, -0.2) is 0 Å². The van der Waals surface area contributed by atoms with Crippen LogP contribution in [0.1, 0.15) is 41.0 Å². The molecule has 1 aliphatic heterocycles. The van der Waals surface area contributed by atoms with Crippen molar-refractivity contribution in [2.75, 3.05) is 0 Å². The van der Waals surface area contributed by atoms with Gasteiger partial charge in [0.2, 0.25) is 0 Å². The fourth-order valence-electron chi connectivity index (χ4n) is 1.56. The van der Waals surface area contributed by atoms with Crippen molar-refractivity contribution in [3.05, 3.63) is 0 Å². The average molecular weight is 170 g/mol. The fraction of sp³-hybridized carbons (Fsp3) is 0.900. The molecule has 1 saturated heterocycles. The van der Waals surface area contributed by atoms with Gasteiger partial charge in [-0.05, 0) is 19.8 Å². The van der Waals surface area contributed by atoms with E-state index in [4.69, 9.17) is 4.74 Å². The first-order valence-corrected chi connectivity index (χ1v) is 4.49. The molecule has 1 unspecified atom stereocenters. The molecule has 1 aliphatic rings. The van der Waals surface area contributed by atoms with Crippen molar-refractivity contribution >= 4 is 5.97 Å². The van der Waals surface area contributed by atoms with Gasteiger partial charge in [-0.2, -0.15) is 0 Å². The average Bonchev–Trinajstić information content (AvgIpc) is 1.82. The van der Waals surface area contributed by atoms with E-state index >= 15 is 0 Å². The molecule has 70 valence electrons. The quantitative estimate of drug-likeness (QED) is 0.522. The van der Waals surface area contributed by atoms with E-state index in [1.165, 1.54) is 0 Å². The molecular weight excluding hydrogens is 152 g/mol. The van der Waals surface area contributed by atoms with E-state index in [0.29, 0.717) is 12.3 Å². The first-order valence-electron chi connectivity index (χ1n) is 4.49. The third-order valence-electron chi connectivity index (χ3n) is 3.63. The Hall–Kier alpha value is -0.530. The zero-order valence-corrected chi connectivity index (χ0v) is 8.60. The Labute approximate surface area is 74.3 Å². The summed E-state index contributed by atoms with van der Waals surface area (Å²) in [7, 11) is 0. The van der Waals surface area contributed by atoms with Crippen LogP contribution in [0.3, 0.4) is 0 Å². The summed E-state index contributed by atoms with van der Waals surface area (Å²) in [5.41, 5.74) is -0.261. The molecule has 1 fully saturated rings. The standard InChI is InChI=1S/C10H18O2/c1-7-6-8(11)12-10(4,5)9(7,2)3/h7H,6H2,1-5H3. The van der Waals surface area contributed by atoms with Crippen LogP contribution in [0.25, 0.3) is 0 Å². The molecule has 0 bridgehead atoms. The first-order chi connectivity index (χ1) is 5.27. The summed E-state index contributed by atoms with van der Waals surface area (Å²) in [6.45, 7) is 10.4. The molecule has 0 radical (unpaired) electrons. The minimum atomic E-state index is -0.332. The second-order valence-electron chi connectivity index (χ2n) is 4.81. The summed E-state index contributed by atoms with van der Waals surface area (Å²) in [5.74, 6) is 0.334. The largest absolute Gasteiger partial charge is 0.459 e. The van der Waals surface area contributed by atoms with Gasteiger partial charge in [-0.3, -0.25) is 4.79 Å². The van der Waals surface area contributed by atoms with Crippen LogP contribution in [0.4, 0.5) is 0 Å². The van der Waals surface area contributed by atoms with E-state index < -0.39 is 0 Å². The van der Waals surface area contributed by atoms with E-state index in [-0.39, 0.29) is 17.0 Å². The molecule has 0 aromatic carbocycles. The maximum atomic E-state index is 11.2. The molecule has 1 atom stereocenters. The van der Waals surface area contributed by atoms with Crippen molar-refractivity contribution in [3.8, 4) is 0 Å². The molecule has 0 N–H and O–H groups in total. The van der Waals surface area contributed by atoms with Crippen LogP contribution < -0.4 is 0 Å². The second kappa shape index (κ2) is 2.48. The SMILES string of the molecule is CC1CC(=O)OC(C)(C)C1(C)C. The fourth-order valence-corrected chi connectivity index (χ4v) is 1.56. The minimum Gasteiger partial charge on any atom is -0.459 e. The second-order valence-corrected chi connectivity index (χ2v) is 4.81. The van der Waals surface area contributed by atoms with E-state index in [1.54, 1.807) is 0 Å². The highest BCUT2D eigenvalue weighted by Gasteiger charge is 2.48. The number of esters is 1. The molecule has 0 amide bonds. The first kappa shape index (κ1) is 9.56. The van der Waals surface area contributed by atoms with E-state index in [1.807, 2.05) is 13.8 Å². The Morgan fingerprint density at radius 2 is 1.83 bits per heavy atom. The number of rotatable bonds is 0. The van der Waals surface area contributed by atoms with Crippen molar-refractivity contribution in [3.63, 3.8) is 0 Å². The van der Waals surface area contributed by atoms with Gasteiger partial charge < -0.3 is 4.74 Å². The predicted molar refractivity (Wildman–Crippen MR) is 47.7 cm³/mol. The molecule has 0 aliphatic carbocycles. The van der Waals surface area contributed by atoms with Gasteiger partial charge in [0.25, 0.3) is 0 Å². The Kier molecular flexibility index (Phi) is 1.97. The number of cyclic esters (lactones) is 1. The zero-order chi connectivity index (χ0) is 9.57. The minimum absolute atomic E-state index is 0.0631. The molecule has 0 saturated carbocycles. The van der Waals surface area contributed by atoms with Crippen molar-refractivity contribution < 1.29 is 9.53 Å².